The molecule has 14 heavy (non-hydrogen) atoms. The maximum absolute atomic E-state index is 11.3. The van der Waals surface area contributed by atoms with Crippen molar-refractivity contribution in [1.29, 1.82) is 0 Å². The summed E-state index contributed by atoms with van der Waals surface area (Å²) in [6.45, 7) is 0.0266. The zero-order valence-corrected chi connectivity index (χ0v) is 7.90. The van der Waals surface area contributed by atoms with Crippen molar-refractivity contribution in [3.05, 3.63) is 46.2 Å². The first kappa shape index (κ1) is 8.97. The van der Waals surface area contributed by atoms with E-state index >= 15 is 0 Å². The molecule has 3 nitrogen and oxygen atoms in total. The van der Waals surface area contributed by atoms with Gasteiger partial charge in [-0.25, -0.2) is 0 Å². The van der Waals surface area contributed by atoms with Crippen molar-refractivity contribution in [2.75, 3.05) is 0 Å². The number of benzene rings is 1. The van der Waals surface area contributed by atoms with Crippen molar-refractivity contribution >= 4 is 10.9 Å². The minimum Gasteiger partial charge on any atom is -0.392 e. The molecule has 0 bridgehead atoms. The van der Waals surface area contributed by atoms with Crippen LogP contribution in [-0.2, 0) is 13.7 Å². The fourth-order valence-electron chi connectivity index (χ4n) is 1.53. The van der Waals surface area contributed by atoms with Gasteiger partial charge in [0, 0.05) is 13.1 Å². The molecular formula is C11H11NO2. The number of hydrogen-bond acceptors (Lipinski definition) is 2. The molecule has 3 heteroatoms. The van der Waals surface area contributed by atoms with Crippen molar-refractivity contribution in [1.82, 2.24) is 4.57 Å². The van der Waals surface area contributed by atoms with Gasteiger partial charge in [-0.1, -0.05) is 6.07 Å². The molecule has 72 valence electrons. The molecule has 0 fully saturated rings. The van der Waals surface area contributed by atoms with Crippen LogP contribution in [0.2, 0.25) is 0 Å². The average molecular weight is 189 g/mol. The normalized spacial score (nSPS) is 10.7. The number of fused-ring (bicyclic) bond motifs is 1. The van der Waals surface area contributed by atoms with E-state index in [1.165, 1.54) is 6.07 Å². The molecule has 0 amide bonds. The molecule has 0 saturated heterocycles. The Hall–Kier alpha value is -1.61. The zero-order chi connectivity index (χ0) is 10.1. The number of aliphatic hydroxyl groups is 1. The Bertz CT molecular complexity index is 528. The van der Waals surface area contributed by atoms with E-state index in [1.807, 2.05) is 18.2 Å². The Morgan fingerprint density at radius 1 is 1.29 bits per heavy atom. The third kappa shape index (κ3) is 1.32. The third-order valence-electron chi connectivity index (χ3n) is 2.37. The molecule has 2 rings (SSSR count). The van der Waals surface area contributed by atoms with E-state index in [0.29, 0.717) is 0 Å². The Morgan fingerprint density at radius 3 is 2.79 bits per heavy atom. The maximum atomic E-state index is 11.3. The predicted molar refractivity (Wildman–Crippen MR) is 55.1 cm³/mol. The average Bonchev–Trinajstić information content (AvgIpc) is 2.23. The molecular weight excluding hydrogens is 178 g/mol. The third-order valence-corrected chi connectivity index (χ3v) is 2.37. The highest BCUT2D eigenvalue weighted by molar-refractivity contribution is 5.79. The summed E-state index contributed by atoms with van der Waals surface area (Å²) >= 11 is 0. The summed E-state index contributed by atoms with van der Waals surface area (Å²) in [6.07, 6.45) is 0. The molecule has 1 aromatic carbocycles. The van der Waals surface area contributed by atoms with Gasteiger partial charge in [0.1, 0.15) is 0 Å². The van der Waals surface area contributed by atoms with Gasteiger partial charge in [-0.15, -0.1) is 0 Å². The lowest BCUT2D eigenvalue weighted by Gasteiger charge is -2.05. The van der Waals surface area contributed by atoms with Gasteiger partial charge in [0.15, 0.2) is 0 Å². The summed E-state index contributed by atoms with van der Waals surface area (Å²) in [5.41, 5.74) is 1.72. The van der Waals surface area contributed by atoms with E-state index in [-0.39, 0.29) is 12.2 Å². The van der Waals surface area contributed by atoms with Gasteiger partial charge >= 0.3 is 0 Å². The molecule has 1 N–H and O–H groups in total. The summed E-state index contributed by atoms with van der Waals surface area (Å²) in [5.74, 6) is 0. The second kappa shape index (κ2) is 3.27. The Balaban J connectivity index is 2.81. The fraction of sp³-hybridized carbons (Fsp3) is 0.182. The lowest BCUT2D eigenvalue weighted by molar-refractivity contribution is 0.282. The van der Waals surface area contributed by atoms with Gasteiger partial charge in [-0.3, -0.25) is 4.79 Å². The second-order valence-corrected chi connectivity index (χ2v) is 3.28. The molecule has 2 aromatic rings. The SMILES string of the molecule is Cn1c(=O)ccc2cc(CO)ccc21. The molecule has 0 atom stereocenters. The maximum Gasteiger partial charge on any atom is 0.250 e. The van der Waals surface area contributed by atoms with E-state index < -0.39 is 0 Å². The first-order valence-electron chi connectivity index (χ1n) is 4.42. The topological polar surface area (TPSA) is 42.2 Å². The zero-order valence-electron chi connectivity index (χ0n) is 7.90. The van der Waals surface area contributed by atoms with E-state index in [0.717, 1.165) is 16.5 Å². The highest BCUT2D eigenvalue weighted by atomic mass is 16.3. The molecule has 0 aliphatic heterocycles. The highest BCUT2D eigenvalue weighted by Crippen LogP contribution is 2.13. The smallest absolute Gasteiger partial charge is 0.250 e. The summed E-state index contributed by atoms with van der Waals surface area (Å²) in [4.78, 5) is 11.3. The fourth-order valence-corrected chi connectivity index (χ4v) is 1.53. The first-order chi connectivity index (χ1) is 6.72. The van der Waals surface area contributed by atoms with E-state index in [4.69, 9.17) is 5.11 Å². The van der Waals surface area contributed by atoms with E-state index in [9.17, 15) is 4.79 Å². The van der Waals surface area contributed by atoms with Crippen molar-refractivity contribution in [3.8, 4) is 0 Å². The number of pyridine rings is 1. The quantitative estimate of drug-likeness (QED) is 0.728. The van der Waals surface area contributed by atoms with Crippen LogP contribution in [0.4, 0.5) is 0 Å². The van der Waals surface area contributed by atoms with Crippen molar-refractivity contribution in [3.63, 3.8) is 0 Å². The molecule has 0 saturated carbocycles. The molecule has 1 heterocycles. The van der Waals surface area contributed by atoms with Crippen molar-refractivity contribution < 1.29 is 5.11 Å². The number of rotatable bonds is 1. The second-order valence-electron chi connectivity index (χ2n) is 3.28. The van der Waals surface area contributed by atoms with Crippen LogP contribution in [-0.4, -0.2) is 9.67 Å². The highest BCUT2D eigenvalue weighted by Gasteiger charge is 1.99. The number of aromatic nitrogens is 1. The first-order valence-corrected chi connectivity index (χ1v) is 4.42. The number of nitrogens with zero attached hydrogens (tertiary/aromatic N) is 1. The summed E-state index contributed by atoms with van der Waals surface area (Å²) in [6, 6.07) is 8.86. The molecule has 0 aliphatic carbocycles. The van der Waals surface area contributed by atoms with Gasteiger partial charge in [0.25, 0.3) is 5.56 Å². The Labute approximate surface area is 81.2 Å². The van der Waals surface area contributed by atoms with Gasteiger partial charge in [-0.05, 0) is 29.1 Å². The van der Waals surface area contributed by atoms with Crippen molar-refractivity contribution in [2.24, 2.45) is 7.05 Å². The van der Waals surface area contributed by atoms with Gasteiger partial charge < -0.3 is 9.67 Å². The van der Waals surface area contributed by atoms with Crippen LogP contribution >= 0.6 is 0 Å². The van der Waals surface area contributed by atoms with Crippen LogP contribution in [0.3, 0.4) is 0 Å². The minimum absolute atomic E-state index is 0.0192. The standard InChI is InChI=1S/C11H11NO2/c1-12-10-4-2-8(7-13)6-9(10)3-5-11(12)14/h2-6,13H,7H2,1H3. The van der Waals surface area contributed by atoms with Crippen LogP contribution in [0.15, 0.2) is 35.1 Å². The Kier molecular flexibility index (Phi) is 2.09. The van der Waals surface area contributed by atoms with Gasteiger partial charge in [0.2, 0.25) is 0 Å². The summed E-state index contributed by atoms with van der Waals surface area (Å²) < 4.78 is 1.59. The van der Waals surface area contributed by atoms with Gasteiger partial charge in [-0.2, -0.15) is 0 Å². The predicted octanol–water partition coefficient (Wildman–Crippen LogP) is 1.03. The minimum atomic E-state index is -0.0192. The monoisotopic (exact) mass is 189 g/mol. The van der Waals surface area contributed by atoms with E-state index in [2.05, 4.69) is 0 Å². The van der Waals surface area contributed by atoms with E-state index in [1.54, 1.807) is 17.7 Å². The molecule has 0 radical (unpaired) electrons. The lowest BCUT2D eigenvalue weighted by Crippen LogP contribution is -2.14. The molecule has 0 spiro atoms. The molecule has 1 aromatic heterocycles. The van der Waals surface area contributed by atoms with Crippen LogP contribution in [0.25, 0.3) is 10.9 Å². The number of hydrogen-bond donors (Lipinski definition) is 1. The van der Waals surface area contributed by atoms with Crippen LogP contribution < -0.4 is 5.56 Å². The van der Waals surface area contributed by atoms with Crippen LogP contribution in [0.5, 0.6) is 0 Å². The van der Waals surface area contributed by atoms with Gasteiger partial charge in [0.05, 0.1) is 12.1 Å². The number of aliphatic hydroxyl groups excluding tert-OH is 1. The van der Waals surface area contributed by atoms with Crippen LogP contribution in [0.1, 0.15) is 5.56 Å². The Morgan fingerprint density at radius 2 is 2.07 bits per heavy atom. The summed E-state index contributed by atoms with van der Waals surface area (Å²) in [5, 5.41) is 9.92. The van der Waals surface area contributed by atoms with Crippen molar-refractivity contribution in [2.45, 2.75) is 6.61 Å². The number of aryl methyl sites for hydroxylation is 1. The largest absolute Gasteiger partial charge is 0.392 e. The lowest BCUT2D eigenvalue weighted by atomic mass is 10.1. The van der Waals surface area contributed by atoms with Crippen LogP contribution in [0, 0.1) is 0 Å². The summed E-state index contributed by atoms with van der Waals surface area (Å²) in [7, 11) is 1.74. The molecule has 0 aliphatic rings. The molecule has 0 unspecified atom stereocenters.